The molecule has 0 aliphatic rings. The highest BCUT2D eigenvalue weighted by atomic mass is 32.2. The van der Waals surface area contributed by atoms with Gasteiger partial charge in [-0.25, -0.2) is 13.4 Å². The highest BCUT2D eigenvalue weighted by Gasteiger charge is 2.37. The van der Waals surface area contributed by atoms with Gasteiger partial charge in [-0.15, -0.1) is 0 Å². The summed E-state index contributed by atoms with van der Waals surface area (Å²) in [6.07, 6.45) is -3.90. The number of aromatic amines is 1. The fourth-order valence-electron chi connectivity index (χ4n) is 1.55. The number of H-pyrrole nitrogens is 1. The molecule has 1 N–H and O–H groups in total. The van der Waals surface area contributed by atoms with Crippen LogP contribution in [0, 0.1) is 0 Å². The van der Waals surface area contributed by atoms with Gasteiger partial charge in [0, 0.05) is 11.8 Å². The first-order valence-electron chi connectivity index (χ1n) is 5.12. The van der Waals surface area contributed by atoms with Gasteiger partial charge < -0.3 is 4.98 Å². The molecule has 0 aliphatic carbocycles. The minimum Gasteiger partial charge on any atom is -0.325 e. The highest BCUT2D eigenvalue weighted by Crippen LogP contribution is 2.32. The molecule has 102 valence electrons. The van der Waals surface area contributed by atoms with Crippen molar-refractivity contribution in [1.29, 1.82) is 0 Å². The highest BCUT2D eigenvalue weighted by molar-refractivity contribution is 7.90. The molecule has 4 nitrogen and oxygen atoms in total. The van der Waals surface area contributed by atoms with Crippen LogP contribution in [0.4, 0.5) is 13.2 Å². The standard InChI is InChI=1S/C11H9F3N2O2S/c1-19(17,18)9-8(7-5-3-2-4-6-7)15-10(16-9)11(12,13)14/h2-6H,1H3,(H,15,16). The Hall–Kier alpha value is -1.83. The van der Waals surface area contributed by atoms with E-state index in [2.05, 4.69) is 4.98 Å². The summed E-state index contributed by atoms with van der Waals surface area (Å²) in [4.78, 5) is 5.19. The molecule has 0 aliphatic heterocycles. The maximum atomic E-state index is 12.6. The summed E-state index contributed by atoms with van der Waals surface area (Å²) < 4.78 is 60.8. The van der Waals surface area contributed by atoms with Gasteiger partial charge in [0.15, 0.2) is 14.9 Å². The summed E-state index contributed by atoms with van der Waals surface area (Å²) >= 11 is 0. The second-order valence-corrected chi connectivity index (χ2v) is 5.85. The van der Waals surface area contributed by atoms with E-state index in [9.17, 15) is 21.6 Å². The van der Waals surface area contributed by atoms with Crippen LogP contribution in [0.15, 0.2) is 35.4 Å². The van der Waals surface area contributed by atoms with Crippen molar-refractivity contribution in [3.8, 4) is 11.3 Å². The maximum absolute atomic E-state index is 12.6. The van der Waals surface area contributed by atoms with Gasteiger partial charge >= 0.3 is 6.18 Å². The van der Waals surface area contributed by atoms with Crippen LogP contribution < -0.4 is 0 Å². The molecule has 0 radical (unpaired) electrons. The normalized spacial score (nSPS) is 12.6. The van der Waals surface area contributed by atoms with E-state index in [1.54, 1.807) is 18.2 Å². The number of aromatic nitrogens is 2. The minimum absolute atomic E-state index is 0.226. The quantitative estimate of drug-likeness (QED) is 0.924. The van der Waals surface area contributed by atoms with E-state index < -0.39 is 26.9 Å². The Labute approximate surface area is 107 Å². The van der Waals surface area contributed by atoms with Crippen LogP contribution in [-0.2, 0) is 16.0 Å². The van der Waals surface area contributed by atoms with Crippen molar-refractivity contribution < 1.29 is 21.6 Å². The van der Waals surface area contributed by atoms with E-state index >= 15 is 0 Å². The molecule has 2 aromatic rings. The SMILES string of the molecule is CS(=O)(=O)c1[nH]c(C(F)(F)F)nc1-c1ccccc1. The summed E-state index contributed by atoms with van der Waals surface area (Å²) in [7, 11) is -3.84. The van der Waals surface area contributed by atoms with E-state index in [-0.39, 0.29) is 5.69 Å². The van der Waals surface area contributed by atoms with Crippen molar-refractivity contribution in [3.05, 3.63) is 36.2 Å². The number of nitrogens with zero attached hydrogens (tertiary/aromatic N) is 1. The third kappa shape index (κ3) is 2.78. The van der Waals surface area contributed by atoms with E-state index in [1.807, 2.05) is 4.98 Å². The van der Waals surface area contributed by atoms with Crippen molar-refractivity contribution in [1.82, 2.24) is 9.97 Å². The van der Waals surface area contributed by atoms with E-state index in [0.717, 1.165) is 6.26 Å². The van der Waals surface area contributed by atoms with Crippen molar-refractivity contribution in [2.75, 3.05) is 6.26 Å². The number of hydrogen-bond donors (Lipinski definition) is 1. The smallest absolute Gasteiger partial charge is 0.325 e. The molecule has 1 aromatic carbocycles. The summed E-state index contributed by atoms with van der Waals surface area (Å²) in [5.41, 5.74) is 0.0742. The summed E-state index contributed by atoms with van der Waals surface area (Å²) in [6.45, 7) is 0. The average molecular weight is 290 g/mol. The van der Waals surface area contributed by atoms with Gasteiger partial charge in [0.25, 0.3) is 0 Å². The fourth-order valence-corrected chi connectivity index (χ4v) is 2.35. The fraction of sp³-hybridized carbons (Fsp3) is 0.182. The van der Waals surface area contributed by atoms with E-state index in [0.29, 0.717) is 5.56 Å². The zero-order chi connectivity index (χ0) is 14.3. The number of nitrogens with one attached hydrogen (secondary N) is 1. The van der Waals surface area contributed by atoms with Gasteiger partial charge in [0.1, 0.15) is 5.69 Å². The number of alkyl halides is 3. The van der Waals surface area contributed by atoms with Crippen molar-refractivity contribution in [2.24, 2.45) is 0 Å². The first-order chi connectivity index (χ1) is 8.69. The second-order valence-electron chi connectivity index (χ2n) is 3.90. The van der Waals surface area contributed by atoms with Crippen LogP contribution in [0.3, 0.4) is 0 Å². The Morgan fingerprint density at radius 1 is 1.16 bits per heavy atom. The van der Waals surface area contributed by atoms with Gasteiger partial charge in [-0.2, -0.15) is 13.2 Å². The van der Waals surface area contributed by atoms with Crippen LogP contribution >= 0.6 is 0 Å². The van der Waals surface area contributed by atoms with Gasteiger partial charge in [0.2, 0.25) is 5.82 Å². The van der Waals surface area contributed by atoms with Crippen LogP contribution in [0.1, 0.15) is 5.82 Å². The summed E-state index contributed by atoms with van der Waals surface area (Å²) in [5, 5.41) is -0.536. The van der Waals surface area contributed by atoms with Gasteiger partial charge in [0.05, 0.1) is 0 Å². The van der Waals surface area contributed by atoms with Crippen molar-refractivity contribution in [3.63, 3.8) is 0 Å². The predicted octanol–water partition coefficient (Wildman–Crippen LogP) is 2.50. The Morgan fingerprint density at radius 3 is 2.21 bits per heavy atom. The van der Waals surface area contributed by atoms with E-state index in [4.69, 9.17) is 0 Å². The van der Waals surface area contributed by atoms with Crippen molar-refractivity contribution >= 4 is 9.84 Å². The molecule has 0 saturated carbocycles. The first-order valence-corrected chi connectivity index (χ1v) is 7.01. The van der Waals surface area contributed by atoms with Gasteiger partial charge in [-0.05, 0) is 0 Å². The molecule has 19 heavy (non-hydrogen) atoms. The van der Waals surface area contributed by atoms with Crippen LogP contribution in [0.25, 0.3) is 11.3 Å². The zero-order valence-corrected chi connectivity index (χ0v) is 10.5. The molecule has 0 fully saturated rings. The van der Waals surface area contributed by atoms with Crippen LogP contribution in [-0.4, -0.2) is 24.6 Å². The first kappa shape index (κ1) is 13.6. The Bertz CT molecular complexity index is 690. The molecule has 0 spiro atoms. The number of rotatable bonds is 2. The lowest BCUT2D eigenvalue weighted by Gasteiger charge is -1.99. The Kier molecular flexibility index (Phi) is 3.13. The molecule has 8 heteroatoms. The lowest BCUT2D eigenvalue weighted by Crippen LogP contribution is -2.08. The number of benzene rings is 1. The molecule has 1 aromatic heterocycles. The maximum Gasteiger partial charge on any atom is 0.449 e. The lowest BCUT2D eigenvalue weighted by molar-refractivity contribution is -0.144. The third-order valence-corrected chi connectivity index (χ3v) is 3.39. The number of sulfone groups is 1. The number of imidazole rings is 1. The molecule has 0 unspecified atom stereocenters. The topological polar surface area (TPSA) is 62.8 Å². The molecule has 1 heterocycles. The zero-order valence-electron chi connectivity index (χ0n) is 9.69. The molecular formula is C11H9F3N2O2S. The van der Waals surface area contributed by atoms with Crippen molar-refractivity contribution in [2.45, 2.75) is 11.2 Å². The Morgan fingerprint density at radius 2 is 1.74 bits per heavy atom. The minimum atomic E-state index is -4.73. The molecular weight excluding hydrogens is 281 g/mol. The number of hydrogen-bond acceptors (Lipinski definition) is 3. The second kappa shape index (κ2) is 4.37. The molecule has 0 saturated heterocycles. The Balaban J connectivity index is 2.70. The average Bonchev–Trinajstić information content (AvgIpc) is 2.74. The van der Waals surface area contributed by atoms with Crippen LogP contribution in [0.5, 0.6) is 0 Å². The van der Waals surface area contributed by atoms with E-state index in [1.165, 1.54) is 12.1 Å². The molecule has 0 amide bonds. The molecule has 2 rings (SSSR count). The molecule has 0 bridgehead atoms. The summed E-state index contributed by atoms with van der Waals surface area (Å²) in [6, 6.07) is 7.82. The largest absolute Gasteiger partial charge is 0.449 e. The van der Waals surface area contributed by atoms with Gasteiger partial charge in [-0.3, -0.25) is 0 Å². The monoisotopic (exact) mass is 290 g/mol. The van der Waals surface area contributed by atoms with Gasteiger partial charge in [-0.1, -0.05) is 30.3 Å². The summed E-state index contributed by atoms with van der Waals surface area (Å²) in [5.74, 6) is -1.33. The predicted molar refractivity (Wildman–Crippen MR) is 62.1 cm³/mol. The molecule has 0 atom stereocenters. The van der Waals surface area contributed by atoms with Crippen LogP contribution in [0.2, 0.25) is 0 Å². The number of halogens is 3. The third-order valence-electron chi connectivity index (χ3n) is 2.36. The lowest BCUT2D eigenvalue weighted by atomic mass is 10.2.